The zero-order valence-corrected chi connectivity index (χ0v) is 20.5. The van der Waals surface area contributed by atoms with E-state index < -0.39 is 11.9 Å². The number of thioether (sulfide) groups is 1. The van der Waals surface area contributed by atoms with E-state index in [0.717, 1.165) is 6.42 Å². The summed E-state index contributed by atoms with van der Waals surface area (Å²) in [5.41, 5.74) is 6.41. The van der Waals surface area contributed by atoms with Crippen LogP contribution in [-0.2, 0) is 21.0 Å². The van der Waals surface area contributed by atoms with E-state index in [1.54, 1.807) is 15.8 Å². The molecule has 0 radical (unpaired) electrons. The van der Waals surface area contributed by atoms with Crippen LogP contribution in [0.3, 0.4) is 0 Å². The van der Waals surface area contributed by atoms with Crippen molar-refractivity contribution in [3.05, 3.63) is 22.5 Å². The Balaban J connectivity index is 1.29. The van der Waals surface area contributed by atoms with E-state index in [2.05, 4.69) is 15.6 Å². The molecule has 35 heavy (non-hydrogen) atoms. The standard InChI is InChI=1S/C22H31N7O5S/c1-10-17-16(11(2)28-8-13(9-30)25-26-28)21(32)29(17)18(22(33)34)19(10)35-14-5-15(24-6-14)20(31)27-4-3-12(23)7-27/h8,10-12,14-17,24,30H,3-7,9,23H2,1-2H3,(H,33,34)/t10-,11-,12-,14-,15+,16-,17-/m1/s1. The smallest absolute Gasteiger partial charge is 0.353 e. The Morgan fingerprint density at radius 1 is 1.40 bits per heavy atom. The molecule has 7 atom stereocenters. The molecule has 0 aliphatic carbocycles. The van der Waals surface area contributed by atoms with Crippen molar-refractivity contribution in [2.75, 3.05) is 19.6 Å². The molecule has 1 aromatic rings. The van der Waals surface area contributed by atoms with Gasteiger partial charge in [0, 0.05) is 41.7 Å². The topological polar surface area (TPSA) is 167 Å². The number of β-lactam (4-membered cyclic amide) rings is 1. The molecule has 4 aliphatic rings. The molecular weight excluding hydrogens is 474 g/mol. The average molecular weight is 506 g/mol. The Hall–Kier alpha value is -2.48. The van der Waals surface area contributed by atoms with Crippen molar-refractivity contribution in [3.8, 4) is 0 Å². The summed E-state index contributed by atoms with van der Waals surface area (Å²) >= 11 is 1.47. The van der Waals surface area contributed by atoms with Crippen LogP contribution in [0.5, 0.6) is 0 Å². The van der Waals surface area contributed by atoms with Crippen molar-refractivity contribution in [3.63, 3.8) is 0 Å². The van der Waals surface area contributed by atoms with E-state index in [-0.39, 0.29) is 59.5 Å². The molecule has 0 aromatic carbocycles. The van der Waals surface area contributed by atoms with Gasteiger partial charge in [-0.15, -0.1) is 16.9 Å². The van der Waals surface area contributed by atoms with Crippen molar-refractivity contribution in [2.45, 2.75) is 62.7 Å². The maximum Gasteiger partial charge on any atom is 0.353 e. The number of amides is 2. The summed E-state index contributed by atoms with van der Waals surface area (Å²) in [5.74, 6) is -1.92. The van der Waals surface area contributed by atoms with Crippen LogP contribution >= 0.6 is 11.8 Å². The third kappa shape index (κ3) is 4.03. The first-order chi connectivity index (χ1) is 16.7. The second-order valence-electron chi connectivity index (χ2n) is 9.89. The number of aliphatic hydroxyl groups excluding tert-OH is 1. The quantitative estimate of drug-likeness (QED) is 0.342. The fourth-order valence-corrected chi connectivity index (χ4v) is 7.28. The molecule has 4 aliphatic heterocycles. The maximum atomic E-state index is 13.1. The number of likely N-dealkylation sites (tertiary alicyclic amines) is 1. The third-order valence-corrected chi connectivity index (χ3v) is 9.18. The molecular formula is C22H31N7O5S. The molecule has 0 bridgehead atoms. The first-order valence-corrected chi connectivity index (χ1v) is 12.9. The highest BCUT2D eigenvalue weighted by Gasteiger charge is 2.61. The molecule has 0 spiro atoms. The van der Waals surface area contributed by atoms with Crippen molar-refractivity contribution in [2.24, 2.45) is 17.6 Å². The van der Waals surface area contributed by atoms with E-state index in [4.69, 9.17) is 5.73 Å². The number of aromatic nitrogens is 3. The van der Waals surface area contributed by atoms with Gasteiger partial charge >= 0.3 is 5.97 Å². The van der Waals surface area contributed by atoms with E-state index in [1.807, 2.05) is 13.8 Å². The Kier molecular flexibility index (Phi) is 6.36. The highest BCUT2D eigenvalue weighted by Crippen LogP contribution is 2.53. The van der Waals surface area contributed by atoms with Crippen LogP contribution in [0.25, 0.3) is 0 Å². The number of nitrogens with one attached hydrogen (secondary N) is 1. The molecule has 13 heteroatoms. The predicted molar refractivity (Wildman–Crippen MR) is 126 cm³/mol. The third-order valence-electron chi connectivity index (χ3n) is 7.67. The zero-order valence-electron chi connectivity index (χ0n) is 19.7. The van der Waals surface area contributed by atoms with Gasteiger partial charge < -0.3 is 31.1 Å². The van der Waals surface area contributed by atoms with Crippen molar-refractivity contribution < 1.29 is 24.6 Å². The lowest BCUT2D eigenvalue weighted by Gasteiger charge is -2.47. The van der Waals surface area contributed by atoms with Gasteiger partial charge in [-0.05, 0) is 19.8 Å². The summed E-state index contributed by atoms with van der Waals surface area (Å²) in [4.78, 5) is 42.1. The summed E-state index contributed by atoms with van der Waals surface area (Å²) in [6, 6.07) is -0.896. The number of hydrogen-bond acceptors (Lipinski definition) is 9. The largest absolute Gasteiger partial charge is 0.477 e. The van der Waals surface area contributed by atoms with Gasteiger partial charge in [-0.2, -0.15) is 0 Å². The van der Waals surface area contributed by atoms with Crippen LogP contribution in [0, 0.1) is 11.8 Å². The second-order valence-corrected chi connectivity index (χ2v) is 11.2. The predicted octanol–water partition coefficient (Wildman–Crippen LogP) is -0.872. The molecule has 0 unspecified atom stereocenters. The molecule has 2 amide bonds. The number of carbonyl (C=O) groups is 3. The minimum Gasteiger partial charge on any atom is -0.477 e. The fraction of sp³-hybridized carbons (Fsp3) is 0.682. The monoisotopic (exact) mass is 505 g/mol. The summed E-state index contributed by atoms with van der Waals surface area (Å²) in [6.07, 6.45) is 3.01. The Bertz CT molecular complexity index is 1080. The van der Waals surface area contributed by atoms with Gasteiger partial charge in [-0.25, -0.2) is 9.48 Å². The minimum absolute atomic E-state index is 0.0262. The molecule has 190 valence electrons. The molecule has 5 heterocycles. The lowest BCUT2D eigenvalue weighted by atomic mass is 9.78. The van der Waals surface area contributed by atoms with E-state index in [0.29, 0.717) is 36.7 Å². The van der Waals surface area contributed by atoms with Crippen LogP contribution in [0.15, 0.2) is 16.8 Å². The Morgan fingerprint density at radius 3 is 2.80 bits per heavy atom. The van der Waals surface area contributed by atoms with Crippen LogP contribution in [0.4, 0.5) is 0 Å². The summed E-state index contributed by atoms with van der Waals surface area (Å²) < 4.78 is 1.56. The number of aliphatic carboxylic acids is 1. The first-order valence-electron chi connectivity index (χ1n) is 12.0. The summed E-state index contributed by atoms with van der Waals surface area (Å²) in [7, 11) is 0. The maximum absolute atomic E-state index is 13.1. The SMILES string of the molecule is C[C@H]([C@H]1C(=O)N2C(C(=O)O)=C(S[C@H]3CN[C@H](C(=O)N4CC[C@@H](N)C4)C3)[C@H](C)[C@H]12)n1cc(CO)nn1. The van der Waals surface area contributed by atoms with Crippen molar-refractivity contribution in [1.29, 1.82) is 0 Å². The normalized spacial score (nSPS) is 33.3. The van der Waals surface area contributed by atoms with Gasteiger partial charge in [0.2, 0.25) is 11.8 Å². The number of rotatable bonds is 7. The van der Waals surface area contributed by atoms with Crippen LogP contribution in [0.2, 0.25) is 0 Å². The summed E-state index contributed by atoms with van der Waals surface area (Å²) in [5, 5.41) is 30.5. The Morgan fingerprint density at radius 2 is 2.17 bits per heavy atom. The first kappa shape index (κ1) is 24.2. The van der Waals surface area contributed by atoms with E-state index in [9.17, 15) is 24.6 Å². The average Bonchev–Trinajstić information content (AvgIpc) is 3.61. The molecule has 5 N–H and O–H groups in total. The highest BCUT2D eigenvalue weighted by atomic mass is 32.2. The highest BCUT2D eigenvalue weighted by molar-refractivity contribution is 8.03. The van der Waals surface area contributed by atoms with Gasteiger partial charge in [0.1, 0.15) is 11.4 Å². The molecule has 3 fully saturated rings. The molecule has 3 saturated heterocycles. The number of carboxylic acid groups (broad SMARTS) is 1. The lowest BCUT2D eigenvalue weighted by molar-refractivity contribution is -0.159. The molecule has 1 aromatic heterocycles. The van der Waals surface area contributed by atoms with Crippen LogP contribution < -0.4 is 11.1 Å². The van der Waals surface area contributed by atoms with Gasteiger partial charge in [0.25, 0.3) is 0 Å². The number of carboxylic acids is 1. The number of aliphatic hydroxyl groups is 1. The molecule has 5 rings (SSSR count). The lowest BCUT2D eigenvalue weighted by Crippen LogP contribution is -2.62. The van der Waals surface area contributed by atoms with E-state index in [1.165, 1.54) is 16.7 Å². The van der Waals surface area contributed by atoms with Gasteiger partial charge in [-0.1, -0.05) is 12.1 Å². The van der Waals surface area contributed by atoms with Crippen LogP contribution in [0.1, 0.15) is 38.4 Å². The van der Waals surface area contributed by atoms with Gasteiger partial charge in [0.05, 0.1) is 36.8 Å². The molecule has 0 saturated carbocycles. The minimum atomic E-state index is -1.12. The van der Waals surface area contributed by atoms with Crippen molar-refractivity contribution >= 4 is 29.5 Å². The number of hydrogen-bond donors (Lipinski definition) is 4. The fourth-order valence-electron chi connectivity index (χ4n) is 5.80. The zero-order chi connectivity index (χ0) is 25.0. The number of nitrogens with two attached hydrogens (primary N) is 1. The summed E-state index contributed by atoms with van der Waals surface area (Å²) in [6.45, 7) is 5.40. The van der Waals surface area contributed by atoms with Gasteiger partial charge in [-0.3, -0.25) is 9.59 Å². The number of carbonyl (C=O) groups excluding carboxylic acids is 2. The number of nitrogens with zero attached hydrogens (tertiary/aromatic N) is 5. The van der Waals surface area contributed by atoms with E-state index >= 15 is 0 Å². The Labute approximate surface area is 206 Å². The second kappa shape index (κ2) is 9.19. The van der Waals surface area contributed by atoms with Gasteiger partial charge in [0.15, 0.2) is 0 Å². The van der Waals surface area contributed by atoms with Crippen LogP contribution in [-0.4, -0.2) is 95.8 Å². The van der Waals surface area contributed by atoms with Crippen molar-refractivity contribution in [1.82, 2.24) is 30.1 Å². The molecule has 12 nitrogen and oxygen atoms in total. The number of fused-ring (bicyclic) bond motifs is 1.